The highest BCUT2D eigenvalue weighted by Crippen LogP contribution is 2.30. The van der Waals surface area contributed by atoms with Crippen LogP contribution in [-0.2, 0) is 11.3 Å². The van der Waals surface area contributed by atoms with Crippen LogP contribution in [0.3, 0.4) is 0 Å². The molecule has 0 saturated heterocycles. The molecule has 2 aromatic carbocycles. The van der Waals surface area contributed by atoms with Crippen LogP contribution in [-0.4, -0.2) is 12.5 Å². The first kappa shape index (κ1) is 12.8. The van der Waals surface area contributed by atoms with Crippen LogP contribution in [0.25, 0.3) is 0 Å². The van der Waals surface area contributed by atoms with E-state index in [2.05, 4.69) is 10.6 Å². The van der Waals surface area contributed by atoms with Gasteiger partial charge in [0, 0.05) is 17.3 Å². The van der Waals surface area contributed by atoms with Crippen molar-refractivity contribution in [1.29, 1.82) is 0 Å². The number of anilines is 2. The SMILES string of the molecule is O=C1COc2ccc(NCc3cccc(Cl)c3)cc2N1. The van der Waals surface area contributed by atoms with E-state index in [1.165, 1.54) is 0 Å². The number of hydrogen-bond donors (Lipinski definition) is 2. The number of nitrogens with one attached hydrogen (secondary N) is 2. The largest absolute Gasteiger partial charge is 0.482 e. The molecule has 0 unspecified atom stereocenters. The summed E-state index contributed by atoms with van der Waals surface area (Å²) in [6, 6.07) is 13.3. The van der Waals surface area contributed by atoms with E-state index >= 15 is 0 Å². The minimum absolute atomic E-state index is 0.0717. The van der Waals surface area contributed by atoms with Crippen LogP contribution >= 0.6 is 11.6 Å². The van der Waals surface area contributed by atoms with Crippen LogP contribution in [0, 0.1) is 0 Å². The molecule has 3 rings (SSSR count). The van der Waals surface area contributed by atoms with Crippen molar-refractivity contribution in [3.63, 3.8) is 0 Å². The molecule has 4 nitrogen and oxygen atoms in total. The van der Waals surface area contributed by atoms with Crippen LogP contribution < -0.4 is 15.4 Å². The van der Waals surface area contributed by atoms with E-state index in [4.69, 9.17) is 16.3 Å². The second-order valence-electron chi connectivity index (χ2n) is 4.53. The molecule has 2 N–H and O–H groups in total. The average molecular weight is 289 g/mol. The van der Waals surface area contributed by atoms with Crippen molar-refractivity contribution in [1.82, 2.24) is 0 Å². The number of carbonyl (C=O) groups excluding carboxylic acids is 1. The maximum atomic E-state index is 11.3. The van der Waals surface area contributed by atoms with E-state index < -0.39 is 0 Å². The number of rotatable bonds is 3. The Morgan fingerprint density at radius 2 is 2.15 bits per heavy atom. The minimum atomic E-state index is -0.135. The van der Waals surface area contributed by atoms with Gasteiger partial charge in [-0.05, 0) is 35.9 Å². The van der Waals surface area contributed by atoms with Crippen LogP contribution in [0.15, 0.2) is 42.5 Å². The van der Waals surface area contributed by atoms with E-state index in [0.29, 0.717) is 18.0 Å². The van der Waals surface area contributed by atoms with Crippen molar-refractivity contribution in [2.75, 3.05) is 17.2 Å². The summed E-state index contributed by atoms with van der Waals surface area (Å²) >= 11 is 5.95. The first-order chi connectivity index (χ1) is 9.70. The molecular formula is C15H13ClN2O2. The second-order valence-corrected chi connectivity index (χ2v) is 4.97. The molecule has 1 aliphatic heterocycles. The van der Waals surface area contributed by atoms with E-state index in [0.717, 1.165) is 16.3 Å². The first-order valence-corrected chi connectivity index (χ1v) is 6.63. The van der Waals surface area contributed by atoms with Gasteiger partial charge in [-0.15, -0.1) is 0 Å². The number of benzene rings is 2. The average Bonchev–Trinajstić information content (AvgIpc) is 2.45. The van der Waals surface area contributed by atoms with Crippen molar-refractivity contribution >= 4 is 28.9 Å². The van der Waals surface area contributed by atoms with Crippen molar-refractivity contribution in [3.05, 3.63) is 53.1 Å². The highest BCUT2D eigenvalue weighted by atomic mass is 35.5. The van der Waals surface area contributed by atoms with Gasteiger partial charge in [-0.3, -0.25) is 4.79 Å². The van der Waals surface area contributed by atoms with Gasteiger partial charge in [-0.2, -0.15) is 0 Å². The van der Waals surface area contributed by atoms with Crippen LogP contribution in [0.5, 0.6) is 5.75 Å². The maximum absolute atomic E-state index is 11.3. The predicted molar refractivity (Wildman–Crippen MR) is 79.3 cm³/mol. The van der Waals surface area contributed by atoms with Gasteiger partial charge in [0.15, 0.2) is 6.61 Å². The Hall–Kier alpha value is -2.20. The lowest BCUT2D eigenvalue weighted by Crippen LogP contribution is -2.25. The summed E-state index contributed by atoms with van der Waals surface area (Å²) in [4.78, 5) is 11.3. The summed E-state index contributed by atoms with van der Waals surface area (Å²) in [5, 5.41) is 6.79. The lowest BCUT2D eigenvalue weighted by Gasteiger charge is -2.19. The Labute approximate surface area is 121 Å². The van der Waals surface area contributed by atoms with Gasteiger partial charge in [0.25, 0.3) is 5.91 Å². The third-order valence-corrected chi connectivity index (χ3v) is 3.23. The Morgan fingerprint density at radius 1 is 1.25 bits per heavy atom. The van der Waals surface area contributed by atoms with Gasteiger partial charge in [-0.25, -0.2) is 0 Å². The lowest BCUT2D eigenvalue weighted by atomic mass is 10.2. The second kappa shape index (κ2) is 5.43. The molecule has 1 heterocycles. The highest BCUT2D eigenvalue weighted by Gasteiger charge is 2.15. The summed E-state index contributed by atoms with van der Waals surface area (Å²) < 4.78 is 5.31. The molecule has 2 aromatic rings. The zero-order chi connectivity index (χ0) is 13.9. The molecule has 1 aliphatic rings. The third-order valence-electron chi connectivity index (χ3n) is 3.00. The fraction of sp³-hybridized carbons (Fsp3) is 0.133. The molecule has 0 radical (unpaired) electrons. The van der Waals surface area contributed by atoms with Gasteiger partial charge in [0.2, 0.25) is 0 Å². The number of ether oxygens (including phenoxy) is 1. The number of halogens is 1. The fourth-order valence-electron chi connectivity index (χ4n) is 2.04. The topological polar surface area (TPSA) is 50.4 Å². The molecule has 0 atom stereocenters. The predicted octanol–water partition coefficient (Wildman–Crippen LogP) is 3.28. The molecule has 5 heteroatoms. The smallest absolute Gasteiger partial charge is 0.262 e. The van der Waals surface area contributed by atoms with Crippen molar-refractivity contribution in [3.8, 4) is 5.75 Å². The standard InChI is InChI=1S/C15H13ClN2O2/c16-11-3-1-2-10(6-11)8-17-12-4-5-14-13(7-12)18-15(19)9-20-14/h1-7,17H,8-9H2,(H,18,19). The summed E-state index contributed by atoms with van der Waals surface area (Å²) in [6.07, 6.45) is 0. The van der Waals surface area contributed by atoms with Crippen LogP contribution in [0.2, 0.25) is 5.02 Å². The quantitative estimate of drug-likeness (QED) is 0.911. The molecule has 0 aliphatic carbocycles. The van der Waals surface area contributed by atoms with E-state index in [1.807, 2.05) is 42.5 Å². The van der Waals surface area contributed by atoms with Gasteiger partial charge in [-0.1, -0.05) is 23.7 Å². The maximum Gasteiger partial charge on any atom is 0.262 e. The zero-order valence-corrected chi connectivity index (χ0v) is 11.4. The number of amides is 1. The zero-order valence-electron chi connectivity index (χ0n) is 10.7. The Morgan fingerprint density at radius 3 is 3.00 bits per heavy atom. The lowest BCUT2D eigenvalue weighted by molar-refractivity contribution is -0.118. The molecule has 0 aromatic heterocycles. The van der Waals surface area contributed by atoms with E-state index in [9.17, 15) is 4.79 Å². The van der Waals surface area contributed by atoms with E-state index in [-0.39, 0.29) is 12.5 Å². The molecule has 0 saturated carbocycles. The van der Waals surface area contributed by atoms with Crippen molar-refractivity contribution in [2.45, 2.75) is 6.54 Å². The van der Waals surface area contributed by atoms with Crippen molar-refractivity contribution < 1.29 is 9.53 Å². The van der Waals surface area contributed by atoms with Gasteiger partial charge in [0.05, 0.1) is 5.69 Å². The van der Waals surface area contributed by atoms with Crippen LogP contribution in [0.1, 0.15) is 5.56 Å². The minimum Gasteiger partial charge on any atom is -0.482 e. The first-order valence-electron chi connectivity index (χ1n) is 6.26. The normalized spacial score (nSPS) is 13.2. The Kier molecular flexibility index (Phi) is 3.48. The Bertz CT molecular complexity index is 658. The third kappa shape index (κ3) is 2.86. The fourth-order valence-corrected chi connectivity index (χ4v) is 2.26. The summed E-state index contributed by atoms with van der Waals surface area (Å²) in [5.41, 5.74) is 2.70. The Balaban J connectivity index is 1.72. The van der Waals surface area contributed by atoms with Gasteiger partial charge >= 0.3 is 0 Å². The monoisotopic (exact) mass is 288 g/mol. The van der Waals surface area contributed by atoms with E-state index in [1.54, 1.807) is 0 Å². The van der Waals surface area contributed by atoms with Crippen LogP contribution in [0.4, 0.5) is 11.4 Å². The highest BCUT2D eigenvalue weighted by molar-refractivity contribution is 6.30. The number of carbonyl (C=O) groups is 1. The van der Waals surface area contributed by atoms with Gasteiger partial charge < -0.3 is 15.4 Å². The molecule has 0 fully saturated rings. The molecule has 0 bridgehead atoms. The molecule has 0 spiro atoms. The summed E-state index contributed by atoms with van der Waals surface area (Å²) in [6.45, 7) is 0.733. The molecule has 102 valence electrons. The van der Waals surface area contributed by atoms with Gasteiger partial charge in [0.1, 0.15) is 5.75 Å². The number of fused-ring (bicyclic) bond motifs is 1. The molecular weight excluding hydrogens is 276 g/mol. The molecule has 1 amide bonds. The van der Waals surface area contributed by atoms with Crippen molar-refractivity contribution in [2.24, 2.45) is 0 Å². The number of hydrogen-bond acceptors (Lipinski definition) is 3. The summed E-state index contributed by atoms with van der Waals surface area (Å²) in [5.74, 6) is 0.558. The summed E-state index contributed by atoms with van der Waals surface area (Å²) in [7, 11) is 0. The molecule has 20 heavy (non-hydrogen) atoms.